The minimum atomic E-state index is 0.186. The number of nitrogens with two attached hydrogens (primary N) is 1. The molecule has 0 spiro atoms. The second-order valence-corrected chi connectivity index (χ2v) is 3.43. The zero-order valence-electron chi connectivity index (χ0n) is 8.81. The fraction of sp³-hybridized carbons (Fsp3) is 0.0909. The number of phenols is 1. The molecule has 5 heteroatoms. The minimum Gasteiger partial charge on any atom is -0.508 e. The summed E-state index contributed by atoms with van der Waals surface area (Å²) in [4.78, 5) is 8.21. The van der Waals surface area contributed by atoms with E-state index in [4.69, 9.17) is 5.73 Å². The van der Waals surface area contributed by atoms with E-state index in [2.05, 4.69) is 15.3 Å². The van der Waals surface area contributed by atoms with Crippen molar-refractivity contribution in [2.24, 2.45) is 0 Å². The SMILES string of the molecule is Cc1cc(N)nc(Nc2cccc(O)c2)n1. The van der Waals surface area contributed by atoms with Gasteiger partial charge in [0.25, 0.3) is 0 Å². The van der Waals surface area contributed by atoms with Crippen LogP contribution in [0, 0.1) is 6.92 Å². The van der Waals surface area contributed by atoms with Gasteiger partial charge in [0.15, 0.2) is 0 Å². The van der Waals surface area contributed by atoms with Gasteiger partial charge >= 0.3 is 0 Å². The fourth-order valence-electron chi connectivity index (χ4n) is 1.36. The van der Waals surface area contributed by atoms with Gasteiger partial charge in [0, 0.05) is 23.5 Å². The molecule has 2 aromatic rings. The van der Waals surface area contributed by atoms with Crippen LogP contribution < -0.4 is 11.1 Å². The first kappa shape index (κ1) is 10.2. The van der Waals surface area contributed by atoms with E-state index in [1.54, 1.807) is 24.3 Å². The smallest absolute Gasteiger partial charge is 0.229 e. The topological polar surface area (TPSA) is 84.1 Å². The van der Waals surface area contributed by atoms with Crippen molar-refractivity contribution in [2.45, 2.75) is 6.92 Å². The van der Waals surface area contributed by atoms with Crippen LogP contribution in [0.5, 0.6) is 5.75 Å². The molecule has 0 fully saturated rings. The highest BCUT2D eigenvalue weighted by Gasteiger charge is 2.00. The standard InChI is InChI=1S/C11H12N4O/c1-7-5-10(12)15-11(13-7)14-8-3-2-4-9(16)6-8/h2-6,16H,1H3,(H3,12,13,14,15). The van der Waals surface area contributed by atoms with Gasteiger partial charge in [-0.15, -0.1) is 0 Å². The van der Waals surface area contributed by atoms with Gasteiger partial charge in [-0.1, -0.05) is 6.07 Å². The first-order chi connectivity index (χ1) is 7.63. The number of rotatable bonds is 2. The molecule has 2 rings (SSSR count). The van der Waals surface area contributed by atoms with E-state index in [-0.39, 0.29) is 5.75 Å². The summed E-state index contributed by atoms with van der Waals surface area (Å²) in [6.07, 6.45) is 0. The fourth-order valence-corrected chi connectivity index (χ4v) is 1.36. The van der Waals surface area contributed by atoms with Gasteiger partial charge in [0.05, 0.1) is 0 Å². The third-order valence-electron chi connectivity index (χ3n) is 1.98. The minimum absolute atomic E-state index is 0.186. The van der Waals surface area contributed by atoms with Crippen LogP contribution in [0.25, 0.3) is 0 Å². The summed E-state index contributed by atoms with van der Waals surface area (Å²) in [5.74, 6) is 1.02. The lowest BCUT2D eigenvalue weighted by Crippen LogP contribution is -2.01. The number of hydrogen-bond acceptors (Lipinski definition) is 5. The summed E-state index contributed by atoms with van der Waals surface area (Å²) < 4.78 is 0. The Bertz CT molecular complexity index is 493. The molecule has 0 radical (unpaired) electrons. The Hall–Kier alpha value is -2.30. The van der Waals surface area contributed by atoms with E-state index in [1.807, 2.05) is 13.0 Å². The largest absolute Gasteiger partial charge is 0.508 e. The van der Waals surface area contributed by atoms with Crippen LogP contribution in [0.3, 0.4) is 0 Å². The van der Waals surface area contributed by atoms with E-state index in [9.17, 15) is 5.11 Å². The molecule has 0 bridgehead atoms. The molecule has 0 saturated carbocycles. The van der Waals surface area contributed by atoms with Crippen molar-refractivity contribution in [3.63, 3.8) is 0 Å². The molecule has 0 unspecified atom stereocenters. The molecule has 0 amide bonds. The summed E-state index contributed by atoms with van der Waals surface area (Å²) >= 11 is 0. The van der Waals surface area contributed by atoms with Crippen molar-refractivity contribution < 1.29 is 5.11 Å². The number of anilines is 3. The van der Waals surface area contributed by atoms with Crippen LogP contribution in [-0.2, 0) is 0 Å². The lowest BCUT2D eigenvalue weighted by Gasteiger charge is -2.06. The predicted octanol–water partition coefficient (Wildman–Crippen LogP) is 1.82. The highest BCUT2D eigenvalue weighted by Crippen LogP contribution is 2.18. The number of nitrogen functional groups attached to an aromatic ring is 1. The number of aryl methyl sites for hydroxylation is 1. The first-order valence-electron chi connectivity index (χ1n) is 4.81. The van der Waals surface area contributed by atoms with E-state index < -0.39 is 0 Å². The molecule has 4 N–H and O–H groups in total. The summed E-state index contributed by atoms with van der Waals surface area (Å²) in [5, 5.41) is 12.3. The highest BCUT2D eigenvalue weighted by molar-refractivity contribution is 5.56. The number of phenolic OH excluding ortho intramolecular Hbond substituents is 1. The molecular formula is C11H12N4O. The van der Waals surface area contributed by atoms with Crippen molar-refractivity contribution in [1.82, 2.24) is 9.97 Å². The Morgan fingerprint density at radius 2 is 2.06 bits per heavy atom. The van der Waals surface area contributed by atoms with Crippen molar-refractivity contribution in [2.75, 3.05) is 11.1 Å². The summed E-state index contributed by atoms with van der Waals surface area (Å²) in [5.41, 5.74) is 7.10. The maximum atomic E-state index is 9.29. The van der Waals surface area contributed by atoms with E-state index >= 15 is 0 Å². The van der Waals surface area contributed by atoms with Crippen LogP contribution in [-0.4, -0.2) is 15.1 Å². The van der Waals surface area contributed by atoms with Gasteiger partial charge in [-0.3, -0.25) is 0 Å². The van der Waals surface area contributed by atoms with Crippen LogP contribution >= 0.6 is 0 Å². The number of nitrogens with zero attached hydrogens (tertiary/aromatic N) is 2. The Balaban J connectivity index is 2.27. The Labute approximate surface area is 93.0 Å². The molecule has 82 valence electrons. The maximum Gasteiger partial charge on any atom is 0.229 e. The number of aromatic hydroxyl groups is 1. The summed E-state index contributed by atoms with van der Waals surface area (Å²) in [6.45, 7) is 1.84. The highest BCUT2D eigenvalue weighted by atomic mass is 16.3. The van der Waals surface area contributed by atoms with E-state index in [0.29, 0.717) is 17.5 Å². The molecule has 0 aliphatic carbocycles. The van der Waals surface area contributed by atoms with Gasteiger partial charge in [-0.25, -0.2) is 4.98 Å². The van der Waals surface area contributed by atoms with Crippen LogP contribution in [0.2, 0.25) is 0 Å². The maximum absolute atomic E-state index is 9.29. The second-order valence-electron chi connectivity index (χ2n) is 3.43. The number of benzene rings is 1. The van der Waals surface area contributed by atoms with E-state index in [0.717, 1.165) is 5.69 Å². The van der Waals surface area contributed by atoms with Crippen molar-refractivity contribution in [3.05, 3.63) is 36.0 Å². The van der Waals surface area contributed by atoms with Crippen LogP contribution in [0.1, 0.15) is 5.69 Å². The third-order valence-corrected chi connectivity index (χ3v) is 1.98. The average molecular weight is 216 g/mol. The summed E-state index contributed by atoms with van der Waals surface area (Å²) in [7, 11) is 0. The number of aromatic nitrogens is 2. The second kappa shape index (κ2) is 4.06. The van der Waals surface area contributed by atoms with Crippen molar-refractivity contribution in [3.8, 4) is 5.75 Å². The van der Waals surface area contributed by atoms with Crippen molar-refractivity contribution in [1.29, 1.82) is 0 Å². The molecular weight excluding hydrogens is 204 g/mol. The summed E-state index contributed by atoms with van der Waals surface area (Å²) in [6, 6.07) is 8.41. The zero-order chi connectivity index (χ0) is 11.5. The van der Waals surface area contributed by atoms with Gasteiger partial charge in [-0.05, 0) is 19.1 Å². The molecule has 0 atom stereocenters. The zero-order valence-corrected chi connectivity index (χ0v) is 8.81. The number of nitrogens with one attached hydrogen (secondary N) is 1. The normalized spacial score (nSPS) is 10.1. The molecule has 16 heavy (non-hydrogen) atoms. The van der Waals surface area contributed by atoms with Gasteiger partial charge in [-0.2, -0.15) is 4.98 Å². The molecule has 1 heterocycles. The average Bonchev–Trinajstić information content (AvgIpc) is 2.15. The monoisotopic (exact) mass is 216 g/mol. The molecule has 1 aromatic heterocycles. The molecule has 0 aliphatic rings. The molecule has 0 saturated heterocycles. The predicted molar refractivity (Wildman–Crippen MR) is 62.6 cm³/mol. The molecule has 0 aliphatic heterocycles. The third kappa shape index (κ3) is 2.38. The quantitative estimate of drug-likeness (QED) is 0.713. The molecule has 5 nitrogen and oxygen atoms in total. The molecule has 1 aromatic carbocycles. The van der Waals surface area contributed by atoms with E-state index in [1.165, 1.54) is 0 Å². The lowest BCUT2D eigenvalue weighted by molar-refractivity contribution is 0.475. The first-order valence-corrected chi connectivity index (χ1v) is 4.81. The van der Waals surface area contributed by atoms with Gasteiger partial charge < -0.3 is 16.2 Å². The van der Waals surface area contributed by atoms with Crippen LogP contribution in [0.15, 0.2) is 30.3 Å². The van der Waals surface area contributed by atoms with Crippen LogP contribution in [0.4, 0.5) is 17.5 Å². The Kier molecular flexibility index (Phi) is 2.59. The van der Waals surface area contributed by atoms with Gasteiger partial charge in [0.1, 0.15) is 11.6 Å². The lowest BCUT2D eigenvalue weighted by atomic mass is 10.3. The van der Waals surface area contributed by atoms with Gasteiger partial charge in [0.2, 0.25) is 5.95 Å². The Morgan fingerprint density at radius 1 is 1.25 bits per heavy atom. The number of hydrogen-bond donors (Lipinski definition) is 3. The Morgan fingerprint density at radius 3 is 2.75 bits per heavy atom. The van der Waals surface area contributed by atoms with Crippen molar-refractivity contribution >= 4 is 17.5 Å².